The Hall–Kier alpha value is -1.23. The molecule has 0 saturated heterocycles. The summed E-state index contributed by atoms with van der Waals surface area (Å²) >= 11 is 2.59. The van der Waals surface area contributed by atoms with Gasteiger partial charge in [-0.25, -0.2) is 0 Å². The van der Waals surface area contributed by atoms with E-state index in [-0.39, 0.29) is 5.41 Å². The standard InChI is InChI=1S/C20H23IO2/c1-13-11-15(6-8-17(13)22)20(10-4-3-5-19(20)21)16-7-9-18(23)14(2)12-16/h6-9,11-12,19,22-23H,3-5,10H2,1-2H3. The van der Waals surface area contributed by atoms with Crippen LogP contribution in [0.5, 0.6) is 11.5 Å². The monoisotopic (exact) mass is 422 g/mol. The van der Waals surface area contributed by atoms with Crippen LogP contribution in [0.4, 0.5) is 0 Å². The van der Waals surface area contributed by atoms with Gasteiger partial charge in [-0.3, -0.25) is 0 Å². The van der Waals surface area contributed by atoms with Gasteiger partial charge in [0, 0.05) is 9.34 Å². The number of phenolic OH excluding ortho intramolecular Hbond substituents is 2. The van der Waals surface area contributed by atoms with Crippen LogP contribution >= 0.6 is 22.6 Å². The predicted octanol–water partition coefficient (Wildman–Crippen LogP) is 5.38. The van der Waals surface area contributed by atoms with Gasteiger partial charge in [0.2, 0.25) is 0 Å². The fourth-order valence-electron chi connectivity index (χ4n) is 3.81. The van der Waals surface area contributed by atoms with Gasteiger partial charge < -0.3 is 10.2 Å². The fraction of sp³-hybridized carbons (Fsp3) is 0.400. The SMILES string of the molecule is Cc1cc(C2(c3ccc(O)c(C)c3)CCCCC2I)ccc1O. The van der Waals surface area contributed by atoms with E-state index >= 15 is 0 Å². The smallest absolute Gasteiger partial charge is 0.118 e. The highest BCUT2D eigenvalue weighted by Crippen LogP contribution is 2.49. The van der Waals surface area contributed by atoms with E-state index in [1.54, 1.807) is 0 Å². The Labute approximate surface area is 151 Å². The first-order chi connectivity index (χ1) is 10.9. The van der Waals surface area contributed by atoms with E-state index in [2.05, 4.69) is 46.9 Å². The number of aryl methyl sites for hydroxylation is 2. The average Bonchev–Trinajstić information content (AvgIpc) is 2.53. The maximum Gasteiger partial charge on any atom is 0.118 e. The zero-order valence-corrected chi connectivity index (χ0v) is 15.8. The number of rotatable bonds is 2. The summed E-state index contributed by atoms with van der Waals surface area (Å²) in [6, 6.07) is 12.0. The highest BCUT2D eigenvalue weighted by Gasteiger charge is 2.42. The topological polar surface area (TPSA) is 40.5 Å². The van der Waals surface area contributed by atoms with Crippen LogP contribution in [0.2, 0.25) is 0 Å². The van der Waals surface area contributed by atoms with Crippen molar-refractivity contribution in [1.82, 2.24) is 0 Å². The average molecular weight is 422 g/mol. The molecule has 0 amide bonds. The summed E-state index contributed by atoms with van der Waals surface area (Å²) in [4.78, 5) is 0. The summed E-state index contributed by atoms with van der Waals surface area (Å²) in [6.07, 6.45) is 4.78. The van der Waals surface area contributed by atoms with E-state index in [9.17, 15) is 10.2 Å². The minimum absolute atomic E-state index is 0.0459. The molecular formula is C20H23IO2. The molecule has 2 N–H and O–H groups in total. The molecule has 3 rings (SSSR count). The van der Waals surface area contributed by atoms with E-state index in [0.717, 1.165) is 17.5 Å². The Bertz CT molecular complexity index is 672. The number of phenols is 2. The highest BCUT2D eigenvalue weighted by atomic mass is 127. The lowest BCUT2D eigenvalue weighted by molar-refractivity contribution is 0.367. The van der Waals surface area contributed by atoms with Crippen LogP contribution in [0.1, 0.15) is 47.9 Å². The molecule has 1 aliphatic rings. The molecule has 0 spiro atoms. The number of hydrogen-bond donors (Lipinski definition) is 2. The number of hydrogen-bond acceptors (Lipinski definition) is 2. The second-order valence-corrected chi connectivity index (χ2v) is 8.19. The van der Waals surface area contributed by atoms with Crippen LogP contribution in [0, 0.1) is 13.8 Å². The summed E-state index contributed by atoms with van der Waals surface area (Å²) in [5.74, 6) is 0.707. The molecule has 1 unspecified atom stereocenters. The molecule has 0 bridgehead atoms. The maximum atomic E-state index is 9.91. The zero-order valence-electron chi connectivity index (χ0n) is 13.6. The molecule has 1 saturated carbocycles. The fourth-order valence-corrected chi connectivity index (χ4v) is 5.28. The minimum Gasteiger partial charge on any atom is -0.508 e. The first-order valence-electron chi connectivity index (χ1n) is 8.19. The van der Waals surface area contributed by atoms with Crippen molar-refractivity contribution in [3.8, 4) is 11.5 Å². The van der Waals surface area contributed by atoms with Crippen molar-refractivity contribution >= 4 is 22.6 Å². The van der Waals surface area contributed by atoms with Gasteiger partial charge in [0.15, 0.2) is 0 Å². The molecule has 2 aromatic carbocycles. The molecule has 0 aliphatic heterocycles. The van der Waals surface area contributed by atoms with Crippen molar-refractivity contribution in [2.24, 2.45) is 0 Å². The molecule has 122 valence electrons. The van der Waals surface area contributed by atoms with Crippen molar-refractivity contribution in [2.45, 2.75) is 48.9 Å². The predicted molar refractivity (Wildman–Crippen MR) is 103 cm³/mol. The van der Waals surface area contributed by atoms with E-state index in [4.69, 9.17) is 0 Å². The highest BCUT2D eigenvalue weighted by molar-refractivity contribution is 14.1. The number of halogens is 1. The van der Waals surface area contributed by atoms with Crippen molar-refractivity contribution in [1.29, 1.82) is 0 Å². The molecule has 2 aromatic rings. The van der Waals surface area contributed by atoms with Gasteiger partial charge >= 0.3 is 0 Å². The van der Waals surface area contributed by atoms with Gasteiger partial charge in [-0.1, -0.05) is 59.7 Å². The molecule has 0 heterocycles. The molecule has 0 radical (unpaired) electrons. The normalized spacial score (nSPS) is 20.4. The Morgan fingerprint density at radius 1 is 0.913 bits per heavy atom. The van der Waals surface area contributed by atoms with Crippen LogP contribution in [0.25, 0.3) is 0 Å². The number of alkyl halides is 1. The molecule has 2 nitrogen and oxygen atoms in total. The van der Waals surface area contributed by atoms with Crippen molar-refractivity contribution in [3.05, 3.63) is 58.7 Å². The zero-order chi connectivity index (χ0) is 16.6. The number of aromatic hydroxyl groups is 2. The van der Waals surface area contributed by atoms with Crippen molar-refractivity contribution < 1.29 is 10.2 Å². The summed E-state index contributed by atoms with van der Waals surface area (Å²) in [5, 5.41) is 19.8. The summed E-state index contributed by atoms with van der Waals surface area (Å²) in [7, 11) is 0. The van der Waals surface area contributed by atoms with Gasteiger partial charge in [-0.05, 0) is 61.1 Å². The third-order valence-corrected chi connectivity index (χ3v) is 6.92. The van der Waals surface area contributed by atoms with Gasteiger partial charge in [0.25, 0.3) is 0 Å². The van der Waals surface area contributed by atoms with E-state index in [0.29, 0.717) is 15.4 Å². The van der Waals surface area contributed by atoms with Gasteiger partial charge in [0.1, 0.15) is 11.5 Å². The van der Waals surface area contributed by atoms with E-state index in [1.165, 1.54) is 30.4 Å². The molecule has 3 heteroatoms. The van der Waals surface area contributed by atoms with Crippen LogP contribution in [-0.4, -0.2) is 14.1 Å². The Balaban J connectivity index is 2.21. The summed E-state index contributed by atoms with van der Waals surface area (Å²) < 4.78 is 0.502. The minimum atomic E-state index is -0.0459. The molecule has 0 aromatic heterocycles. The van der Waals surface area contributed by atoms with Gasteiger partial charge in [-0.2, -0.15) is 0 Å². The Morgan fingerprint density at radius 3 is 1.87 bits per heavy atom. The molecule has 23 heavy (non-hydrogen) atoms. The van der Waals surface area contributed by atoms with E-state index < -0.39 is 0 Å². The van der Waals surface area contributed by atoms with Gasteiger partial charge in [-0.15, -0.1) is 0 Å². The lowest BCUT2D eigenvalue weighted by atomic mass is 9.65. The Kier molecular flexibility index (Phi) is 4.59. The van der Waals surface area contributed by atoms with Crippen LogP contribution in [-0.2, 0) is 5.41 Å². The molecule has 1 atom stereocenters. The molecule has 1 fully saturated rings. The first kappa shape index (κ1) is 16.6. The lowest BCUT2D eigenvalue weighted by Crippen LogP contribution is -2.40. The lowest BCUT2D eigenvalue weighted by Gasteiger charge is -2.43. The largest absolute Gasteiger partial charge is 0.508 e. The molecular weight excluding hydrogens is 399 g/mol. The Morgan fingerprint density at radius 2 is 1.43 bits per heavy atom. The maximum absolute atomic E-state index is 9.91. The van der Waals surface area contributed by atoms with Crippen LogP contribution in [0.15, 0.2) is 36.4 Å². The molecule has 1 aliphatic carbocycles. The summed E-state index contributed by atoms with van der Waals surface area (Å²) in [6.45, 7) is 3.92. The third-order valence-electron chi connectivity index (χ3n) is 5.24. The number of benzene rings is 2. The third kappa shape index (κ3) is 2.84. The first-order valence-corrected chi connectivity index (χ1v) is 9.44. The quantitative estimate of drug-likeness (QED) is 0.504. The van der Waals surface area contributed by atoms with Crippen molar-refractivity contribution in [3.63, 3.8) is 0 Å². The van der Waals surface area contributed by atoms with Crippen molar-refractivity contribution in [2.75, 3.05) is 0 Å². The second-order valence-electron chi connectivity index (χ2n) is 6.69. The van der Waals surface area contributed by atoms with E-state index in [1.807, 2.05) is 26.0 Å². The van der Waals surface area contributed by atoms with Gasteiger partial charge in [0.05, 0.1) is 0 Å². The van der Waals surface area contributed by atoms with Crippen LogP contribution in [0.3, 0.4) is 0 Å². The van der Waals surface area contributed by atoms with Crippen LogP contribution < -0.4 is 0 Å². The second kappa shape index (κ2) is 6.34. The summed E-state index contributed by atoms with van der Waals surface area (Å²) in [5.41, 5.74) is 4.35.